The summed E-state index contributed by atoms with van der Waals surface area (Å²) in [6.45, 7) is 7.25. The van der Waals surface area contributed by atoms with Gasteiger partial charge in [-0.2, -0.15) is 0 Å². The van der Waals surface area contributed by atoms with Gasteiger partial charge in [0.1, 0.15) is 0 Å². The summed E-state index contributed by atoms with van der Waals surface area (Å²) in [5, 5.41) is 0. The lowest BCUT2D eigenvalue weighted by Crippen LogP contribution is -2.45. The molecule has 0 bridgehead atoms. The third-order valence-electron chi connectivity index (χ3n) is 2.18. The van der Waals surface area contributed by atoms with Gasteiger partial charge in [-0.05, 0) is 33.6 Å². The van der Waals surface area contributed by atoms with Crippen LogP contribution in [-0.4, -0.2) is 47.3 Å². The second-order valence-electron chi connectivity index (χ2n) is 3.74. The van der Waals surface area contributed by atoms with E-state index in [-0.39, 0.29) is 0 Å². The van der Waals surface area contributed by atoms with Gasteiger partial charge in [0.25, 0.3) is 0 Å². The van der Waals surface area contributed by atoms with E-state index in [0.717, 1.165) is 6.42 Å². The lowest BCUT2D eigenvalue weighted by molar-refractivity contribution is 0.0708. The van der Waals surface area contributed by atoms with Crippen molar-refractivity contribution >= 4 is 31.2 Å². The van der Waals surface area contributed by atoms with E-state index in [1.807, 2.05) is 20.8 Å². The molecule has 10 heteroatoms. The predicted octanol–water partition coefficient (Wildman–Crippen LogP) is 1.94. The Morgan fingerprint density at radius 2 is 1.50 bits per heavy atom. The van der Waals surface area contributed by atoms with Crippen molar-refractivity contribution < 1.29 is 29.9 Å². The minimum atomic E-state index is -4.62. The van der Waals surface area contributed by atoms with Gasteiger partial charge in [-0.1, -0.05) is 0 Å². The van der Waals surface area contributed by atoms with E-state index in [2.05, 4.69) is 3.63 Å². The van der Waals surface area contributed by atoms with E-state index in [0.29, 0.717) is 50.1 Å². The number of hydrogen-bond acceptors (Lipinski definition) is 8. The Balaban J connectivity index is 4.06. The number of unbranched alkanes of at least 4 members (excludes halogenated alkanes) is 1. The van der Waals surface area contributed by atoms with Crippen molar-refractivity contribution in [1.29, 1.82) is 0 Å². The zero-order valence-electron chi connectivity index (χ0n) is 12.1. The Labute approximate surface area is 126 Å². The van der Waals surface area contributed by atoms with Crippen LogP contribution in [0.3, 0.4) is 0 Å². The molecule has 0 aliphatic heterocycles. The molecule has 0 aromatic carbocycles. The van der Waals surface area contributed by atoms with E-state index in [1.54, 1.807) is 0 Å². The number of rotatable bonds is 13. The van der Waals surface area contributed by atoms with Gasteiger partial charge in [0.15, 0.2) is 0 Å². The lowest BCUT2D eigenvalue weighted by atomic mass is 10.4. The van der Waals surface area contributed by atoms with Gasteiger partial charge in [-0.15, -0.1) is 0 Å². The second-order valence-corrected chi connectivity index (χ2v) is 8.47. The summed E-state index contributed by atoms with van der Waals surface area (Å²) in [5.74, 6) is 0.413. The first-order valence-electron chi connectivity index (χ1n) is 6.58. The van der Waals surface area contributed by atoms with E-state index >= 15 is 0 Å². The molecule has 20 heavy (non-hydrogen) atoms. The molecule has 0 N–H and O–H groups in total. The summed E-state index contributed by atoms with van der Waals surface area (Å²) in [4.78, 5) is 0. The average Bonchev–Trinajstić information content (AvgIpc) is 2.33. The van der Waals surface area contributed by atoms with Crippen LogP contribution in [0.25, 0.3) is 0 Å². The molecule has 0 aliphatic rings. The Morgan fingerprint density at radius 3 is 1.90 bits per heavy atom. The molecule has 0 fully saturated rings. The highest BCUT2D eigenvalue weighted by Crippen LogP contribution is 2.20. The summed E-state index contributed by atoms with van der Waals surface area (Å²) >= 11 is 0.643. The largest absolute Gasteiger partial charge is 0.725 e. The molecule has 0 spiro atoms. The molecular formula is C10H23O7S2Si-. The molecule has 122 valence electrons. The first-order valence-corrected chi connectivity index (χ1v) is 10.8. The summed E-state index contributed by atoms with van der Waals surface area (Å²) in [6.07, 6.45) is 1.43. The fraction of sp³-hybridized carbons (Fsp3) is 1.00. The quantitative estimate of drug-likeness (QED) is 0.164. The normalized spacial score (nSPS) is 12.8. The predicted molar refractivity (Wildman–Crippen MR) is 77.9 cm³/mol. The van der Waals surface area contributed by atoms with Crippen molar-refractivity contribution in [2.45, 2.75) is 39.7 Å². The van der Waals surface area contributed by atoms with Crippen molar-refractivity contribution in [3.63, 3.8) is 0 Å². The molecule has 0 aromatic heterocycles. The van der Waals surface area contributed by atoms with Gasteiger partial charge in [-0.3, -0.25) is 0 Å². The maximum absolute atomic E-state index is 10.2. The SMILES string of the molecule is CCO[Si](CCCCSOS(=O)(=O)[O-])(OCC)OCC. The third kappa shape index (κ3) is 10.1. The highest BCUT2D eigenvalue weighted by atomic mass is 32.3. The van der Waals surface area contributed by atoms with Gasteiger partial charge in [-0.25, -0.2) is 12.0 Å². The minimum Gasteiger partial charge on any atom is -0.725 e. The van der Waals surface area contributed by atoms with E-state index in [1.165, 1.54) is 0 Å². The molecule has 0 unspecified atom stereocenters. The third-order valence-corrected chi connectivity index (χ3v) is 6.84. The van der Waals surface area contributed by atoms with Crippen LogP contribution in [0.1, 0.15) is 33.6 Å². The van der Waals surface area contributed by atoms with Crippen molar-refractivity contribution in [3.8, 4) is 0 Å². The van der Waals surface area contributed by atoms with Crippen LogP contribution in [0, 0.1) is 0 Å². The van der Waals surface area contributed by atoms with Crippen LogP contribution in [0.15, 0.2) is 0 Å². The molecule has 7 nitrogen and oxygen atoms in total. The highest BCUT2D eigenvalue weighted by molar-refractivity contribution is 8.02. The summed E-state index contributed by atoms with van der Waals surface area (Å²) < 4.78 is 51.8. The fourth-order valence-electron chi connectivity index (χ4n) is 1.60. The maximum Gasteiger partial charge on any atom is 0.500 e. The lowest BCUT2D eigenvalue weighted by Gasteiger charge is -2.28. The van der Waals surface area contributed by atoms with E-state index < -0.39 is 19.2 Å². The molecule has 0 atom stereocenters. The van der Waals surface area contributed by atoms with Crippen LogP contribution < -0.4 is 0 Å². The van der Waals surface area contributed by atoms with Gasteiger partial charge in [0.2, 0.25) is 10.4 Å². The highest BCUT2D eigenvalue weighted by Gasteiger charge is 2.39. The van der Waals surface area contributed by atoms with Gasteiger partial charge in [0.05, 0.1) is 0 Å². The minimum absolute atomic E-state index is 0.413. The van der Waals surface area contributed by atoms with Crippen LogP contribution >= 0.6 is 12.0 Å². The van der Waals surface area contributed by atoms with Crippen molar-refractivity contribution in [2.75, 3.05) is 25.6 Å². The zero-order valence-corrected chi connectivity index (χ0v) is 14.8. The molecule has 0 aromatic rings. The Morgan fingerprint density at radius 1 is 1.00 bits per heavy atom. The van der Waals surface area contributed by atoms with E-state index in [9.17, 15) is 13.0 Å². The molecule has 0 radical (unpaired) electrons. The van der Waals surface area contributed by atoms with Crippen molar-refractivity contribution in [2.24, 2.45) is 0 Å². The molecule has 0 aliphatic carbocycles. The Hall–Kier alpha value is 0.317. The van der Waals surface area contributed by atoms with Crippen LogP contribution in [0.4, 0.5) is 0 Å². The van der Waals surface area contributed by atoms with E-state index in [4.69, 9.17) is 13.3 Å². The first-order chi connectivity index (χ1) is 9.39. The number of hydrogen-bond donors (Lipinski definition) is 0. The molecule has 0 amide bonds. The fourth-order valence-corrected chi connectivity index (χ4v) is 5.35. The second kappa shape index (κ2) is 11.0. The van der Waals surface area contributed by atoms with Crippen LogP contribution in [0.2, 0.25) is 6.04 Å². The van der Waals surface area contributed by atoms with Crippen LogP contribution in [-0.2, 0) is 27.3 Å². The maximum atomic E-state index is 10.2. The smallest absolute Gasteiger partial charge is 0.500 e. The Bertz CT molecular complexity index is 319. The standard InChI is InChI=1S/C10H24O7S2Si/c1-4-14-20(15-5-2,16-6-3)10-8-7-9-18-17-19(11,12)13/h4-10H2,1-3H3,(H,11,12,13)/p-1. The van der Waals surface area contributed by atoms with Crippen molar-refractivity contribution in [3.05, 3.63) is 0 Å². The molecule has 0 rings (SSSR count). The van der Waals surface area contributed by atoms with Gasteiger partial charge < -0.3 is 17.8 Å². The first kappa shape index (κ1) is 20.3. The van der Waals surface area contributed by atoms with Crippen LogP contribution in [0.5, 0.6) is 0 Å². The summed E-state index contributed by atoms with van der Waals surface area (Å²) in [7, 11) is -7.24. The topological polar surface area (TPSA) is 94.1 Å². The summed E-state index contributed by atoms with van der Waals surface area (Å²) in [5.41, 5.74) is 0. The van der Waals surface area contributed by atoms with Crippen molar-refractivity contribution in [1.82, 2.24) is 0 Å². The summed E-state index contributed by atoms with van der Waals surface area (Å²) in [6, 6.07) is 0.660. The molecule has 0 saturated heterocycles. The van der Waals surface area contributed by atoms with Gasteiger partial charge in [0, 0.05) is 43.7 Å². The Kier molecular flexibility index (Phi) is 11.1. The monoisotopic (exact) mass is 347 g/mol. The molecule has 0 heterocycles. The molecule has 0 saturated carbocycles. The average molecular weight is 348 g/mol. The van der Waals surface area contributed by atoms with Gasteiger partial charge >= 0.3 is 8.80 Å². The molecular weight excluding hydrogens is 324 g/mol. The zero-order chi connectivity index (χ0) is 15.5.